The van der Waals surface area contributed by atoms with Gasteiger partial charge in [-0.2, -0.15) is 0 Å². The van der Waals surface area contributed by atoms with Gasteiger partial charge in [-0.15, -0.1) is 0 Å². The minimum absolute atomic E-state index is 0.0396. The molecule has 1 aromatic heterocycles. The quantitative estimate of drug-likeness (QED) is 0.683. The molecule has 0 bridgehead atoms. The van der Waals surface area contributed by atoms with Gasteiger partial charge in [0, 0.05) is 12.2 Å². The van der Waals surface area contributed by atoms with Gasteiger partial charge >= 0.3 is 0 Å². The lowest BCUT2D eigenvalue weighted by Gasteiger charge is -2.09. The van der Waals surface area contributed by atoms with Gasteiger partial charge in [-0.3, -0.25) is 9.59 Å². The number of rotatable bonds is 2. The van der Waals surface area contributed by atoms with E-state index in [2.05, 4.69) is 15.3 Å². The van der Waals surface area contributed by atoms with Gasteiger partial charge in [0.25, 0.3) is 11.5 Å². The monoisotopic (exact) mass is 257 g/mol. The maximum absolute atomic E-state index is 11.6. The van der Waals surface area contributed by atoms with Crippen molar-refractivity contribution >= 4 is 15.7 Å². The lowest BCUT2D eigenvalue weighted by molar-refractivity contribution is 0.0935. The summed E-state index contributed by atoms with van der Waals surface area (Å²) in [5.74, 6) is -0.428. The summed E-state index contributed by atoms with van der Waals surface area (Å²) >= 11 is 0. The van der Waals surface area contributed by atoms with Crippen LogP contribution < -0.4 is 10.9 Å². The molecule has 1 amide bonds. The number of hydrogen-bond donors (Lipinski definition) is 2. The molecule has 7 nitrogen and oxygen atoms in total. The second kappa shape index (κ2) is 4.28. The van der Waals surface area contributed by atoms with Crippen LogP contribution in [0.5, 0.6) is 0 Å². The number of amides is 1. The lowest BCUT2D eigenvalue weighted by atomic mass is 10.2. The van der Waals surface area contributed by atoms with Gasteiger partial charge in [-0.25, -0.2) is 13.4 Å². The first kappa shape index (κ1) is 11.8. The Bertz CT molecular complexity index is 572. The average molecular weight is 257 g/mol. The third kappa shape index (κ3) is 2.90. The third-order valence-corrected chi connectivity index (χ3v) is 4.24. The van der Waals surface area contributed by atoms with E-state index in [0.717, 1.165) is 6.20 Å². The minimum atomic E-state index is -3.02. The van der Waals surface area contributed by atoms with Crippen molar-refractivity contribution in [1.29, 1.82) is 0 Å². The maximum atomic E-state index is 11.6. The van der Waals surface area contributed by atoms with Crippen molar-refractivity contribution in [3.8, 4) is 0 Å². The van der Waals surface area contributed by atoms with E-state index in [1.807, 2.05) is 0 Å². The van der Waals surface area contributed by atoms with Crippen molar-refractivity contribution < 1.29 is 13.2 Å². The maximum Gasteiger partial charge on any atom is 0.271 e. The fourth-order valence-corrected chi connectivity index (χ4v) is 3.31. The van der Waals surface area contributed by atoms with Gasteiger partial charge in [-0.1, -0.05) is 0 Å². The molecule has 0 radical (unpaired) electrons. The molecule has 17 heavy (non-hydrogen) atoms. The van der Waals surface area contributed by atoms with E-state index in [1.165, 1.54) is 6.20 Å². The molecule has 1 atom stereocenters. The molecule has 1 saturated heterocycles. The highest BCUT2D eigenvalue weighted by Gasteiger charge is 2.29. The molecule has 0 saturated carbocycles. The number of H-pyrrole nitrogens is 1. The van der Waals surface area contributed by atoms with Crippen LogP contribution >= 0.6 is 0 Å². The summed E-state index contributed by atoms with van der Waals surface area (Å²) in [5.41, 5.74) is -0.334. The highest BCUT2D eigenvalue weighted by Crippen LogP contribution is 2.11. The minimum Gasteiger partial charge on any atom is -0.347 e. The molecular weight excluding hydrogens is 246 g/mol. The predicted octanol–water partition coefficient (Wildman–Crippen LogP) is -1.31. The second-order valence-electron chi connectivity index (χ2n) is 3.87. The SMILES string of the molecule is O=C(NC1CCS(=O)(=O)C1)c1c[nH]c(=O)cn1. The molecule has 1 aliphatic heterocycles. The summed E-state index contributed by atoms with van der Waals surface area (Å²) in [4.78, 5) is 28.4. The van der Waals surface area contributed by atoms with E-state index in [9.17, 15) is 18.0 Å². The second-order valence-corrected chi connectivity index (χ2v) is 6.10. The average Bonchev–Trinajstić information content (AvgIpc) is 2.59. The zero-order valence-electron chi connectivity index (χ0n) is 8.84. The Kier molecular flexibility index (Phi) is 2.97. The molecule has 0 aliphatic carbocycles. The standard InChI is InChI=1S/C9H11N3O4S/c13-8-4-10-7(3-11-8)9(14)12-6-1-2-17(15,16)5-6/h3-4,6H,1-2,5H2,(H,11,13)(H,12,14). The van der Waals surface area contributed by atoms with E-state index >= 15 is 0 Å². The normalized spacial score (nSPS) is 22.2. The van der Waals surface area contributed by atoms with Gasteiger partial charge in [0.1, 0.15) is 5.69 Å². The zero-order valence-corrected chi connectivity index (χ0v) is 9.66. The fraction of sp³-hybridized carbons (Fsp3) is 0.444. The molecule has 1 fully saturated rings. The van der Waals surface area contributed by atoms with E-state index in [1.54, 1.807) is 0 Å². The smallest absolute Gasteiger partial charge is 0.271 e. The van der Waals surface area contributed by atoms with Crippen LogP contribution in [0.25, 0.3) is 0 Å². The van der Waals surface area contributed by atoms with Crippen molar-refractivity contribution in [3.63, 3.8) is 0 Å². The Morgan fingerprint density at radius 3 is 2.82 bits per heavy atom. The van der Waals surface area contributed by atoms with E-state index < -0.39 is 21.3 Å². The largest absolute Gasteiger partial charge is 0.347 e. The van der Waals surface area contributed by atoms with E-state index in [-0.39, 0.29) is 23.2 Å². The van der Waals surface area contributed by atoms with Crippen molar-refractivity contribution in [1.82, 2.24) is 15.3 Å². The number of aromatic amines is 1. The number of sulfone groups is 1. The molecule has 0 spiro atoms. The van der Waals surface area contributed by atoms with E-state index in [0.29, 0.717) is 6.42 Å². The van der Waals surface area contributed by atoms with Crippen LogP contribution in [0.4, 0.5) is 0 Å². The molecule has 1 aromatic rings. The van der Waals surface area contributed by atoms with Crippen molar-refractivity contribution in [3.05, 3.63) is 28.4 Å². The Morgan fingerprint density at radius 2 is 2.29 bits per heavy atom. The van der Waals surface area contributed by atoms with Gasteiger partial charge in [0.05, 0.1) is 17.7 Å². The molecule has 1 aliphatic rings. The summed E-state index contributed by atoms with van der Waals surface area (Å²) in [6, 6.07) is -0.374. The molecule has 1 unspecified atom stereocenters. The summed E-state index contributed by atoms with van der Waals surface area (Å²) in [6.45, 7) is 0. The summed E-state index contributed by atoms with van der Waals surface area (Å²) < 4.78 is 22.4. The molecule has 0 aromatic carbocycles. The van der Waals surface area contributed by atoms with Crippen molar-refractivity contribution in [2.75, 3.05) is 11.5 Å². The molecule has 2 N–H and O–H groups in total. The van der Waals surface area contributed by atoms with Crippen LogP contribution in [-0.2, 0) is 9.84 Å². The predicted molar refractivity (Wildman–Crippen MR) is 59.4 cm³/mol. The van der Waals surface area contributed by atoms with Gasteiger partial charge in [0.2, 0.25) is 0 Å². The Labute approximate surface area is 97.2 Å². The topological polar surface area (TPSA) is 109 Å². The van der Waals surface area contributed by atoms with Gasteiger partial charge in [0.15, 0.2) is 9.84 Å². The van der Waals surface area contributed by atoms with Gasteiger partial charge in [-0.05, 0) is 6.42 Å². The number of hydrogen-bond acceptors (Lipinski definition) is 5. The molecule has 8 heteroatoms. The Hall–Kier alpha value is -1.70. The number of nitrogens with zero attached hydrogens (tertiary/aromatic N) is 1. The number of carbonyl (C=O) groups is 1. The van der Waals surface area contributed by atoms with Crippen LogP contribution in [0, 0.1) is 0 Å². The molecule has 2 heterocycles. The highest BCUT2D eigenvalue weighted by atomic mass is 32.2. The fourth-order valence-electron chi connectivity index (χ4n) is 1.63. The lowest BCUT2D eigenvalue weighted by Crippen LogP contribution is -2.36. The first-order chi connectivity index (χ1) is 7.96. The van der Waals surface area contributed by atoms with Crippen LogP contribution in [0.2, 0.25) is 0 Å². The zero-order chi connectivity index (χ0) is 12.5. The van der Waals surface area contributed by atoms with Crippen LogP contribution in [0.3, 0.4) is 0 Å². The number of aromatic nitrogens is 2. The van der Waals surface area contributed by atoms with Crippen LogP contribution in [0.15, 0.2) is 17.2 Å². The first-order valence-electron chi connectivity index (χ1n) is 5.02. The van der Waals surface area contributed by atoms with Crippen LogP contribution in [-0.4, -0.2) is 41.8 Å². The van der Waals surface area contributed by atoms with Gasteiger partial charge < -0.3 is 10.3 Å². The molecule has 92 valence electrons. The van der Waals surface area contributed by atoms with Crippen molar-refractivity contribution in [2.45, 2.75) is 12.5 Å². The summed E-state index contributed by atoms with van der Waals surface area (Å²) in [5, 5.41) is 2.57. The molecule has 2 rings (SSSR count). The Morgan fingerprint density at radius 1 is 1.53 bits per heavy atom. The van der Waals surface area contributed by atoms with E-state index in [4.69, 9.17) is 0 Å². The summed E-state index contributed by atoms with van der Waals surface area (Å²) in [6.07, 6.45) is 2.61. The number of nitrogens with one attached hydrogen (secondary N) is 2. The Balaban J connectivity index is 2.03. The molecular formula is C9H11N3O4S. The summed E-state index contributed by atoms with van der Waals surface area (Å²) in [7, 11) is -3.02. The highest BCUT2D eigenvalue weighted by molar-refractivity contribution is 7.91. The van der Waals surface area contributed by atoms with Crippen molar-refractivity contribution in [2.24, 2.45) is 0 Å². The first-order valence-corrected chi connectivity index (χ1v) is 6.84. The van der Waals surface area contributed by atoms with Crippen LogP contribution in [0.1, 0.15) is 16.9 Å². The third-order valence-electron chi connectivity index (χ3n) is 2.47. The number of carbonyl (C=O) groups excluding carboxylic acids is 1.